The lowest BCUT2D eigenvalue weighted by Gasteiger charge is -2.44. The Labute approximate surface area is 141 Å². The van der Waals surface area contributed by atoms with Crippen molar-refractivity contribution >= 4 is 29.3 Å². The van der Waals surface area contributed by atoms with Crippen molar-refractivity contribution in [1.29, 1.82) is 0 Å². The summed E-state index contributed by atoms with van der Waals surface area (Å²) in [5.74, 6) is -0.253. The van der Waals surface area contributed by atoms with Gasteiger partial charge in [0, 0.05) is 29.2 Å². The summed E-state index contributed by atoms with van der Waals surface area (Å²) in [5.41, 5.74) is 0.491. The number of nitrogens with one attached hydrogen (secondary N) is 1. The number of hydrogen-bond donors (Lipinski definition) is 2. The quantitative estimate of drug-likeness (QED) is 0.853. The van der Waals surface area contributed by atoms with E-state index in [1.807, 2.05) is 20.8 Å². The molecule has 2 N–H and O–H groups in total. The molecule has 1 aromatic carbocycles. The predicted molar refractivity (Wildman–Crippen MR) is 90.8 cm³/mol. The Bertz CT molecular complexity index is 580. The van der Waals surface area contributed by atoms with E-state index in [4.69, 9.17) is 11.6 Å². The fourth-order valence-electron chi connectivity index (χ4n) is 3.03. The van der Waals surface area contributed by atoms with Gasteiger partial charge in [0.1, 0.15) is 0 Å². The third-order valence-electron chi connectivity index (χ3n) is 4.33. The Hall–Kier alpha value is -1.75. The second-order valence-electron chi connectivity index (χ2n) is 7.08. The number of halogens is 1. The van der Waals surface area contributed by atoms with Gasteiger partial charge in [-0.3, -0.25) is 4.79 Å². The van der Waals surface area contributed by atoms with Gasteiger partial charge in [-0.05, 0) is 42.5 Å². The lowest BCUT2D eigenvalue weighted by molar-refractivity contribution is -0.122. The van der Waals surface area contributed by atoms with Crippen LogP contribution < -0.4 is 5.32 Å². The molecule has 1 heterocycles. The normalized spacial score (nSPS) is 21.8. The summed E-state index contributed by atoms with van der Waals surface area (Å²) in [6.45, 7) is 6.41. The first-order chi connectivity index (χ1) is 10.7. The lowest BCUT2D eigenvalue weighted by atomic mass is 9.77. The highest BCUT2D eigenvalue weighted by Crippen LogP contribution is 2.35. The largest absolute Gasteiger partial charge is 0.465 e. The molecule has 2 atom stereocenters. The molecule has 6 heteroatoms. The minimum absolute atomic E-state index is 0.0633. The zero-order chi connectivity index (χ0) is 17.2. The van der Waals surface area contributed by atoms with E-state index in [0.717, 1.165) is 0 Å². The number of benzene rings is 1. The van der Waals surface area contributed by atoms with Gasteiger partial charge in [-0.25, -0.2) is 4.79 Å². The van der Waals surface area contributed by atoms with Crippen molar-refractivity contribution in [3.05, 3.63) is 29.3 Å². The van der Waals surface area contributed by atoms with Crippen LogP contribution in [0.25, 0.3) is 0 Å². The van der Waals surface area contributed by atoms with Gasteiger partial charge in [0.15, 0.2) is 0 Å². The molecule has 1 aliphatic heterocycles. The summed E-state index contributed by atoms with van der Waals surface area (Å²) < 4.78 is 0. The number of nitrogens with zero attached hydrogens (tertiary/aromatic N) is 1. The molecule has 0 aromatic heterocycles. The van der Waals surface area contributed by atoms with Crippen LogP contribution >= 0.6 is 11.6 Å². The van der Waals surface area contributed by atoms with E-state index in [9.17, 15) is 14.7 Å². The number of amides is 2. The topological polar surface area (TPSA) is 69.6 Å². The van der Waals surface area contributed by atoms with Crippen LogP contribution in [0.2, 0.25) is 5.02 Å². The minimum Gasteiger partial charge on any atom is -0.465 e. The van der Waals surface area contributed by atoms with Crippen LogP contribution in [0, 0.1) is 11.3 Å². The fraction of sp³-hybridized carbons (Fsp3) is 0.529. The Morgan fingerprint density at radius 3 is 2.39 bits per heavy atom. The molecule has 1 aliphatic rings. The molecule has 2 amide bonds. The molecular formula is C17H23ClN2O3. The standard InChI is InChI=1S/C17H23ClN2O3/c1-17(2,3)14-10-11(8-9-20(14)16(22)23)15(21)19-13-6-4-12(18)5-7-13/h4-7,11,14H,8-10H2,1-3H3,(H,19,21)(H,22,23). The Morgan fingerprint density at radius 1 is 1.26 bits per heavy atom. The van der Waals surface area contributed by atoms with E-state index in [-0.39, 0.29) is 23.3 Å². The number of hydrogen-bond acceptors (Lipinski definition) is 2. The van der Waals surface area contributed by atoms with Crippen molar-refractivity contribution in [2.24, 2.45) is 11.3 Å². The molecule has 0 spiro atoms. The highest BCUT2D eigenvalue weighted by Gasteiger charge is 2.40. The van der Waals surface area contributed by atoms with Crippen LogP contribution in [-0.4, -0.2) is 34.6 Å². The smallest absolute Gasteiger partial charge is 0.407 e. The van der Waals surface area contributed by atoms with Gasteiger partial charge in [-0.1, -0.05) is 32.4 Å². The van der Waals surface area contributed by atoms with Gasteiger partial charge in [0.2, 0.25) is 5.91 Å². The van der Waals surface area contributed by atoms with E-state index in [0.29, 0.717) is 30.1 Å². The fourth-order valence-corrected chi connectivity index (χ4v) is 3.16. The first kappa shape index (κ1) is 17.6. The highest BCUT2D eigenvalue weighted by atomic mass is 35.5. The van der Waals surface area contributed by atoms with Gasteiger partial charge < -0.3 is 15.3 Å². The van der Waals surface area contributed by atoms with Crippen LogP contribution in [0.5, 0.6) is 0 Å². The zero-order valence-electron chi connectivity index (χ0n) is 13.7. The zero-order valence-corrected chi connectivity index (χ0v) is 14.4. The maximum absolute atomic E-state index is 12.5. The predicted octanol–water partition coefficient (Wildman–Crippen LogP) is 4.08. The van der Waals surface area contributed by atoms with Crippen molar-refractivity contribution in [2.75, 3.05) is 11.9 Å². The number of carbonyl (C=O) groups excluding carboxylic acids is 1. The number of carboxylic acid groups (broad SMARTS) is 1. The van der Waals surface area contributed by atoms with Gasteiger partial charge in [-0.2, -0.15) is 0 Å². The number of likely N-dealkylation sites (tertiary alicyclic amines) is 1. The summed E-state index contributed by atoms with van der Waals surface area (Å²) in [4.78, 5) is 25.4. The van der Waals surface area contributed by atoms with Gasteiger partial charge in [-0.15, -0.1) is 0 Å². The molecule has 1 aromatic rings. The average molecular weight is 339 g/mol. The van der Waals surface area contributed by atoms with Crippen LogP contribution in [0.15, 0.2) is 24.3 Å². The summed E-state index contributed by atoms with van der Waals surface area (Å²) in [5, 5.41) is 12.9. The lowest BCUT2D eigenvalue weighted by Crippen LogP contribution is -2.53. The SMILES string of the molecule is CC(C)(C)C1CC(C(=O)Nc2ccc(Cl)cc2)CCN1C(=O)O. The molecule has 126 valence electrons. The third kappa shape index (κ3) is 4.38. The molecule has 2 unspecified atom stereocenters. The van der Waals surface area contributed by atoms with Crippen molar-refractivity contribution in [3.63, 3.8) is 0 Å². The van der Waals surface area contributed by atoms with E-state index in [2.05, 4.69) is 5.32 Å². The highest BCUT2D eigenvalue weighted by molar-refractivity contribution is 6.30. The second-order valence-corrected chi connectivity index (χ2v) is 7.51. The molecule has 0 aliphatic carbocycles. The van der Waals surface area contributed by atoms with Gasteiger partial charge >= 0.3 is 6.09 Å². The molecule has 0 radical (unpaired) electrons. The average Bonchev–Trinajstić information content (AvgIpc) is 2.48. The first-order valence-corrected chi connectivity index (χ1v) is 8.12. The molecule has 2 rings (SSSR count). The summed E-state index contributed by atoms with van der Waals surface area (Å²) in [6.07, 6.45) is 0.162. The summed E-state index contributed by atoms with van der Waals surface area (Å²) >= 11 is 5.84. The molecule has 5 nitrogen and oxygen atoms in total. The van der Waals surface area contributed by atoms with E-state index < -0.39 is 6.09 Å². The number of piperidine rings is 1. The maximum atomic E-state index is 12.5. The summed E-state index contributed by atoms with van der Waals surface area (Å²) in [6, 6.07) is 6.79. The third-order valence-corrected chi connectivity index (χ3v) is 4.58. The molecule has 1 saturated heterocycles. The van der Waals surface area contributed by atoms with Crippen molar-refractivity contribution in [2.45, 2.75) is 39.7 Å². The molecule has 0 saturated carbocycles. The Kier molecular flexibility index (Phi) is 5.19. The van der Waals surface area contributed by atoms with E-state index in [1.54, 1.807) is 24.3 Å². The van der Waals surface area contributed by atoms with Crippen molar-refractivity contribution in [1.82, 2.24) is 4.90 Å². The first-order valence-electron chi connectivity index (χ1n) is 7.74. The Morgan fingerprint density at radius 2 is 1.87 bits per heavy atom. The van der Waals surface area contributed by atoms with Crippen LogP contribution in [0.3, 0.4) is 0 Å². The maximum Gasteiger partial charge on any atom is 0.407 e. The number of carbonyl (C=O) groups is 2. The van der Waals surface area contributed by atoms with Gasteiger partial charge in [0.05, 0.1) is 0 Å². The molecule has 0 bridgehead atoms. The number of anilines is 1. The second kappa shape index (κ2) is 6.79. The molecule has 23 heavy (non-hydrogen) atoms. The monoisotopic (exact) mass is 338 g/mol. The van der Waals surface area contributed by atoms with Gasteiger partial charge in [0.25, 0.3) is 0 Å². The Balaban J connectivity index is 2.07. The van der Waals surface area contributed by atoms with Crippen molar-refractivity contribution in [3.8, 4) is 0 Å². The van der Waals surface area contributed by atoms with Crippen molar-refractivity contribution < 1.29 is 14.7 Å². The summed E-state index contributed by atoms with van der Waals surface area (Å²) in [7, 11) is 0. The van der Waals surface area contributed by atoms with E-state index >= 15 is 0 Å². The molecular weight excluding hydrogens is 316 g/mol. The van der Waals surface area contributed by atoms with E-state index in [1.165, 1.54) is 4.90 Å². The minimum atomic E-state index is -0.915. The van der Waals surface area contributed by atoms with Crippen LogP contribution in [-0.2, 0) is 4.79 Å². The van der Waals surface area contributed by atoms with Crippen LogP contribution in [0.1, 0.15) is 33.6 Å². The van der Waals surface area contributed by atoms with Crippen LogP contribution in [0.4, 0.5) is 10.5 Å². The molecule has 1 fully saturated rings. The number of rotatable bonds is 2.